The fraction of sp³-hybridized carbons (Fsp3) is 0.562. The van der Waals surface area contributed by atoms with E-state index in [1.54, 1.807) is 0 Å². The van der Waals surface area contributed by atoms with Crippen molar-refractivity contribution >= 4 is 5.71 Å². The van der Waals surface area contributed by atoms with E-state index in [2.05, 4.69) is 43.4 Å². The molecule has 0 aromatic heterocycles. The lowest BCUT2D eigenvalue weighted by Crippen LogP contribution is -2.40. The molecule has 1 aliphatic rings. The maximum absolute atomic E-state index is 5.64. The number of nitrogens with zero attached hydrogens (tertiary/aromatic N) is 1. The minimum atomic E-state index is -0.0550. The lowest BCUT2D eigenvalue weighted by Gasteiger charge is -2.26. The normalized spacial score (nSPS) is 21.0. The summed E-state index contributed by atoms with van der Waals surface area (Å²) in [6, 6.07) is 10.3. The van der Waals surface area contributed by atoms with Crippen molar-refractivity contribution in [3.05, 3.63) is 35.9 Å². The topological polar surface area (TPSA) is 33.6 Å². The van der Waals surface area contributed by atoms with E-state index >= 15 is 0 Å². The molecule has 2 rings (SSSR count). The molecule has 104 valence electrons. The second-order valence-electron chi connectivity index (χ2n) is 5.68. The summed E-state index contributed by atoms with van der Waals surface area (Å²) >= 11 is 0. The van der Waals surface area contributed by atoms with Gasteiger partial charge in [0.25, 0.3) is 0 Å². The average Bonchev–Trinajstić information content (AvgIpc) is 2.71. The predicted molar refractivity (Wildman–Crippen MR) is 79.4 cm³/mol. The Kier molecular flexibility index (Phi) is 4.59. The van der Waals surface area contributed by atoms with Gasteiger partial charge in [0.2, 0.25) is 0 Å². The molecule has 0 saturated heterocycles. The van der Waals surface area contributed by atoms with Crippen LogP contribution in [-0.2, 0) is 4.84 Å². The third kappa shape index (κ3) is 3.16. The number of rotatable bonds is 6. The molecule has 1 aliphatic heterocycles. The molecule has 0 aliphatic carbocycles. The molecule has 1 aromatic carbocycles. The first-order chi connectivity index (χ1) is 9.16. The Labute approximate surface area is 116 Å². The highest BCUT2D eigenvalue weighted by Gasteiger charge is 2.42. The Hall–Kier alpha value is -1.35. The standard InChI is InChI=1S/C16H24N2O/c1-4-5-11-17-12-14-16(2,3)15(18-19-14)13-9-7-6-8-10-13/h6-10,14,17H,4-5,11-12H2,1-3H3/t14-/m0/s1. The molecule has 1 atom stereocenters. The highest BCUT2D eigenvalue weighted by atomic mass is 16.6. The number of hydrogen-bond acceptors (Lipinski definition) is 3. The Morgan fingerprint density at radius 2 is 2.00 bits per heavy atom. The van der Waals surface area contributed by atoms with Crippen LogP contribution < -0.4 is 5.32 Å². The number of nitrogens with one attached hydrogen (secondary N) is 1. The zero-order chi connectivity index (χ0) is 13.7. The molecule has 19 heavy (non-hydrogen) atoms. The van der Waals surface area contributed by atoms with Crippen molar-refractivity contribution < 1.29 is 4.84 Å². The summed E-state index contributed by atoms with van der Waals surface area (Å²) in [6.45, 7) is 8.52. The van der Waals surface area contributed by atoms with Crippen LogP contribution in [0.1, 0.15) is 39.2 Å². The number of oxime groups is 1. The number of unbranched alkanes of at least 4 members (excludes halogenated alkanes) is 1. The van der Waals surface area contributed by atoms with Gasteiger partial charge in [-0.1, -0.05) is 62.7 Å². The molecule has 1 heterocycles. The van der Waals surface area contributed by atoms with Gasteiger partial charge in [-0.3, -0.25) is 0 Å². The van der Waals surface area contributed by atoms with Crippen LogP contribution in [0.15, 0.2) is 35.5 Å². The van der Waals surface area contributed by atoms with E-state index in [-0.39, 0.29) is 11.5 Å². The molecule has 0 saturated carbocycles. The zero-order valence-electron chi connectivity index (χ0n) is 12.1. The maximum atomic E-state index is 5.64. The van der Waals surface area contributed by atoms with Crippen LogP contribution in [0.25, 0.3) is 0 Å². The van der Waals surface area contributed by atoms with Crippen molar-refractivity contribution in [3.63, 3.8) is 0 Å². The Morgan fingerprint density at radius 3 is 2.68 bits per heavy atom. The minimum absolute atomic E-state index is 0.0550. The van der Waals surface area contributed by atoms with Gasteiger partial charge in [0.1, 0.15) is 0 Å². The van der Waals surface area contributed by atoms with Crippen LogP contribution in [0.2, 0.25) is 0 Å². The van der Waals surface area contributed by atoms with E-state index < -0.39 is 0 Å². The fourth-order valence-electron chi connectivity index (χ4n) is 2.37. The lowest BCUT2D eigenvalue weighted by atomic mass is 9.79. The molecule has 0 fully saturated rings. The van der Waals surface area contributed by atoms with Crippen LogP contribution in [0.5, 0.6) is 0 Å². The van der Waals surface area contributed by atoms with Crippen LogP contribution in [0.4, 0.5) is 0 Å². The SMILES string of the molecule is CCCCNC[C@@H]1ON=C(c2ccccc2)C1(C)C. The summed E-state index contributed by atoms with van der Waals surface area (Å²) in [6.07, 6.45) is 2.53. The van der Waals surface area contributed by atoms with Gasteiger partial charge in [0, 0.05) is 6.54 Å². The zero-order valence-corrected chi connectivity index (χ0v) is 12.1. The quantitative estimate of drug-likeness (QED) is 0.797. The van der Waals surface area contributed by atoms with Gasteiger partial charge < -0.3 is 10.2 Å². The first kappa shape index (κ1) is 14.1. The van der Waals surface area contributed by atoms with Gasteiger partial charge in [-0.25, -0.2) is 0 Å². The van der Waals surface area contributed by atoms with E-state index in [1.165, 1.54) is 12.8 Å². The molecule has 3 nitrogen and oxygen atoms in total. The molecular weight excluding hydrogens is 236 g/mol. The van der Waals surface area contributed by atoms with Gasteiger partial charge in [-0.2, -0.15) is 0 Å². The molecule has 3 heteroatoms. The summed E-state index contributed by atoms with van der Waals surface area (Å²) in [7, 11) is 0. The van der Waals surface area contributed by atoms with E-state index in [4.69, 9.17) is 4.84 Å². The van der Waals surface area contributed by atoms with Gasteiger partial charge in [-0.15, -0.1) is 0 Å². The van der Waals surface area contributed by atoms with Crippen LogP contribution in [-0.4, -0.2) is 24.9 Å². The van der Waals surface area contributed by atoms with Crippen molar-refractivity contribution in [3.8, 4) is 0 Å². The summed E-state index contributed by atoms with van der Waals surface area (Å²) in [5.74, 6) is 0. The third-order valence-corrected chi connectivity index (χ3v) is 3.77. The highest BCUT2D eigenvalue weighted by molar-refractivity contribution is 6.05. The van der Waals surface area contributed by atoms with Crippen molar-refractivity contribution in [2.45, 2.75) is 39.7 Å². The summed E-state index contributed by atoms with van der Waals surface area (Å²) < 4.78 is 0. The van der Waals surface area contributed by atoms with Crippen molar-refractivity contribution in [1.82, 2.24) is 5.32 Å². The van der Waals surface area contributed by atoms with Crippen molar-refractivity contribution in [2.75, 3.05) is 13.1 Å². The van der Waals surface area contributed by atoms with E-state index in [0.29, 0.717) is 0 Å². The maximum Gasteiger partial charge on any atom is 0.150 e. The van der Waals surface area contributed by atoms with Gasteiger partial charge in [0.15, 0.2) is 6.10 Å². The van der Waals surface area contributed by atoms with Gasteiger partial charge >= 0.3 is 0 Å². The molecule has 1 aromatic rings. The minimum Gasteiger partial charge on any atom is -0.390 e. The molecule has 0 unspecified atom stereocenters. The average molecular weight is 260 g/mol. The lowest BCUT2D eigenvalue weighted by molar-refractivity contribution is 0.0371. The second-order valence-corrected chi connectivity index (χ2v) is 5.68. The van der Waals surface area contributed by atoms with E-state index in [9.17, 15) is 0 Å². The molecule has 0 spiro atoms. The first-order valence-corrected chi connectivity index (χ1v) is 7.16. The number of benzene rings is 1. The third-order valence-electron chi connectivity index (χ3n) is 3.77. The van der Waals surface area contributed by atoms with Crippen LogP contribution in [0.3, 0.4) is 0 Å². The predicted octanol–water partition coefficient (Wildman–Crippen LogP) is 3.21. The van der Waals surface area contributed by atoms with Crippen molar-refractivity contribution in [1.29, 1.82) is 0 Å². The van der Waals surface area contributed by atoms with Gasteiger partial charge in [0.05, 0.1) is 11.1 Å². The fourth-order valence-corrected chi connectivity index (χ4v) is 2.37. The van der Waals surface area contributed by atoms with Gasteiger partial charge in [-0.05, 0) is 18.5 Å². The van der Waals surface area contributed by atoms with E-state index in [0.717, 1.165) is 24.4 Å². The molecule has 0 amide bonds. The molecule has 0 bridgehead atoms. The summed E-state index contributed by atoms with van der Waals surface area (Å²) in [5, 5.41) is 7.77. The van der Waals surface area contributed by atoms with Crippen LogP contribution >= 0.6 is 0 Å². The highest BCUT2D eigenvalue weighted by Crippen LogP contribution is 2.34. The first-order valence-electron chi connectivity index (χ1n) is 7.16. The Balaban J connectivity index is 1.98. The molecule has 0 radical (unpaired) electrons. The smallest absolute Gasteiger partial charge is 0.150 e. The molecular formula is C16H24N2O. The Bertz CT molecular complexity index is 426. The molecule has 1 N–H and O–H groups in total. The second kappa shape index (κ2) is 6.20. The summed E-state index contributed by atoms with van der Waals surface area (Å²) in [5.41, 5.74) is 2.15. The Morgan fingerprint density at radius 1 is 1.26 bits per heavy atom. The summed E-state index contributed by atoms with van der Waals surface area (Å²) in [4.78, 5) is 5.64. The monoisotopic (exact) mass is 260 g/mol. The largest absolute Gasteiger partial charge is 0.390 e. The van der Waals surface area contributed by atoms with Crippen LogP contribution in [0, 0.1) is 5.41 Å². The number of hydrogen-bond donors (Lipinski definition) is 1. The van der Waals surface area contributed by atoms with Crippen molar-refractivity contribution in [2.24, 2.45) is 10.6 Å². The van der Waals surface area contributed by atoms with E-state index in [1.807, 2.05) is 18.2 Å².